The van der Waals surface area contributed by atoms with E-state index in [4.69, 9.17) is 0 Å². The molecule has 0 aliphatic carbocycles. The zero-order valence-electron chi connectivity index (χ0n) is 8.51. The molecule has 0 saturated carbocycles. The maximum atomic E-state index is 3.84. The molecule has 1 aromatic carbocycles. The molecular formula is C12H14N2. The highest BCUT2D eigenvalue weighted by Gasteiger charge is 2.09. The van der Waals surface area contributed by atoms with Gasteiger partial charge in [0.1, 0.15) is 0 Å². The third-order valence-corrected chi connectivity index (χ3v) is 2.51. The van der Waals surface area contributed by atoms with E-state index in [9.17, 15) is 0 Å². The Kier molecular flexibility index (Phi) is 2.44. The van der Waals surface area contributed by atoms with Crippen LogP contribution in [0.1, 0.15) is 36.8 Å². The van der Waals surface area contributed by atoms with Crippen LogP contribution in [0.3, 0.4) is 0 Å². The van der Waals surface area contributed by atoms with Crippen LogP contribution in [0.15, 0.2) is 34.5 Å². The third kappa shape index (κ3) is 1.74. The van der Waals surface area contributed by atoms with Crippen LogP contribution in [0.5, 0.6) is 0 Å². The van der Waals surface area contributed by atoms with Gasteiger partial charge in [0, 0.05) is 12.4 Å². The molecular weight excluding hydrogens is 172 g/mol. The Bertz CT molecular complexity index is 348. The molecule has 0 N–H and O–H groups in total. The molecule has 0 atom stereocenters. The zero-order valence-corrected chi connectivity index (χ0v) is 8.51. The minimum Gasteiger partial charge on any atom is -0.163 e. The van der Waals surface area contributed by atoms with Crippen LogP contribution in [0.4, 0.5) is 0 Å². The van der Waals surface area contributed by atoms with Crippen molar-refractivity contribution in [1.29, 1.82) is 0 Å². The van der Waals surface area contributed by atoms with E-state index in [1.807, 2.05) is 12.4 Å². The summed E-state index contributed by atoms with van der Waals surface area (Å²) in [5.41, 5.74) is 2.64. The van der Waals surface area contributed by atoms with Gasteiger partial charge in [-0.1, -0.05) is 38.1 Å². The van der Waals surface area contributed by atoms with Gasteiger partial charge in [0.05, 0.1) is 5.92 Å². The second-order valence-corrected chi connectivity index (χ2v) is 3.88. The van der Waals surface area contributed by atoms with Gasteiger partial charge in [0.15, 0.2) is 0 Å². The van der Waals surface area contributed by atoms with Crippen molar-refractivity contribution >= 4 is 12.4 Å². The molecule has 2 nitrogen and oxygen atoms in total. The summed E-state index contributed by atoms with van der Waals surface area (Å²) in [6.45, 7) is 4.40. The van der Waals surface area contributed by atoms with E-state index in [0.717, 1.165) is 0 Å². The SMILES string of the molecule is CC(C)c1ccc(C2C=NN=C2)cc1. The van der Waals surface area contributed by atoms with Crippen LogP contribution in [0, 0.1) is 0 Å². The Morgan fingerprint density at radius 1 is 1.00 bits per heavy atom. The molecule has 0 bridgehead atoms. The van der Waals surface area contributed by atoms with Gasteiger partial charge in [-0.2, -0.15) is 10.2 Å². The molecule has 14 heavy (non-hydrogen) atoms. The molecule has 0 spiro atoms. The van der Waals surface area contributed by atoms with E-state index in [0.29, 0.717) is 5.92 Å². The predicted molar refractivity (Wildman–Crippen MR) is 60.3 cm³/mol. The lowest BCUT2D eigenvalue weighted by molar-refractivity contribution is 0.865. The highest BCUT2D eigenvalue weighted by molar-refractivity contribution is 5.93. The van der Waals surface area contributed by atoms with E-state index in [1.54, 1.807) is 0 Å². The fraction of sp³-hybridized carbons (Fsp3) is 0.333. The van der Waals surface area contributed by atoms with Crippen molar-refractivity contribution in [3.63, 3.8) is 0 Å². The Morgan fingerprint density at radius 3 is 2.07 bits per heavy atom. The van der Waals surface area contributed by atoms with Crippen molar-refractivity contribution in [3.8, 4) is 0 Å². The van der Waals surface area contributed by atoms with E-state index < -0.39 is 0 Å². The maximum Gasteiger partial charge on any atom is 0.0583 e. The van der Waals surface area contributed by atoms with Crippen LogP contribution in [-0.4, -0.2) is 12.4 Å². The normalized spacial score (nSPS) is 15.6. The minimum atomic E-state index is 0.274. The summed E-state index contributed by atoms with van der Waals surface area (Å²) in [6, 6.07) is 8.67. The molecule has 0 amide bonds. The Labute approximate surface area is 84.4 Å². The largest absolute Gasteiger partial charge is 0.163 e. The molecule has 0 radical (unpaired) electrons. The average Bonchev–Trinajstić information content (AvgIpc) is 2.71. The highest BCUT2D eigenvalue weighted by atomic mass is 15.2. The van der Waals surface area contributed by atoms with Crippen molar-refractivity contribution in [1.82, 2.24) is 0 Å². The summed E-state index contributed by atoms with van der Waals surface area (Å²) in [6.07, 6.45) is 3.73. The molecule has 0 saturated heterocycles. The molecule has 1 aliphatic rings. The summed E-state index contributed by atoms with van der Waals surface area (Å²) in [5.74, 6) is 0.867. The molecule has 1 heterocycles. The van der Waals surface area contributed by atoms with Gasteiger partial charge in [-0.25, -0.2) is 0 Å². The first kappa shape index (κ1) is 9.13. The lowest BCUT2D eigenvalue weighted by Gasteiger charge is -2.07. The van der Waals surface area contributed by atoms with Crippen LogP contribution < -0.4 is 0 Å². The van der Waals surface area contributed by atoms with Gasteiger partial charge in [0.25, 0.3) is 0 Å². The molecule has 2 heteroatoms. The van der Waals surface area contributed by atoms with Crippen LogP contribution in [-0.2, 0) is 0 Å². The smallest absolute Gasteiger partial charge is 0.0583 e. The quantitative estimate of drug-likeness (QED) is 0.678. The van der Waals surface area contributed by atoms with Crippen molar-refractivity contribution < 1.29 is 0 Å². The van der Waals surface area contributed by atoms with Gasteiger partial charge in [-0.15, -0.1) is 0 Å². The molecule has 1 aromatic rings. The van der Waals surface area contributed by atoms with E-state index >= 15 is 0 Å². The monoisotopic (exact) mass is 186 g/mol. The van der Waals surface area contributed by atoms with Gasteiger partial charge < -0.3 is 0 Å². The Hall–Kier alpha value is -1.44. The number of benzene rings is 1. The number of hydrogen-bond acceptors (Lipinski definition) is 2. The maximum absolute atomic E-state index is 3.84. The summed E-state index contributed by atoms with van der Waals surface area (Å²) < 4.78 is 0. The molecule has 72 valence electrons. The topological polar surface area (TPSA) is 24.7 Å². The van der Waals surface area contributed by atoms with Crippen LogP contribution in [0.2, 0.25) is 0 Å². The van der Waals surface area contributed by atoms with Gasteiger partial charge in [-0.05, 0) is 17.0 Å². The van der Waals surface area contributed by atoms with Gasteiger partial charge in [-0.3, -0.25) is 0 Å². The predicted octanol–water partition coefficient (Wildman–Crippen LogP) is 2.96. The lowest BCUT2D eigenvalue weighted by Crippen LogP contribution is -1.98. The summed E-state index contributed by atoms with van der Waals surface area (Å²) in [7, 11) is 0. The molecule has 0 fully saturated rings. The standard InChI is InChI=1S/C12H14N2/c1-9(2)10-3-5-11(6-4-10)12-7-13-14-8-12/h3-9,12H,1-2H3. The second kappa shape index (κ2) is 3.74. The summed E-state index contributed by atoms with van der Waals surface area (Å²) in [5, 5.41) is 7.69. The first-order valence-corrected chi connectivity index (χ1v) is 4.94. The van der Waals surface area contributed by atoms with E-state index in [1.165, 1.54) is 11.1 Å². The first-order valence-electron chi connectivity index (χ1n) is 4.94. The fourth-order valence-corrected chi connectivity index (χ4v) is 1.53. The minimum absolute atomic E-state index is 0.274. The highest BCUT2D eigenvalue weighted by Crippen LogP contribution is 2.19. The van der Waals surface area contributed by atoms with Crippen molar-refractivity contribution in [3.05, 3.63) is 35.4 Å². The van der Waals surface area contributed by atoms with Crippen molar-refractivity contribution in [2.45, 2.75) is 25.7 Å². The van der Waals surface area contributed by atoms with E-state index in [-0.39, 0.29) is 5.92 Å². The van der Waals surface area contributed by atoms with Crippen molar-refractivity contribution in [2.24, 2.45) is 10.2 Å². The molecule has 0 unspecified atom stereocenters. The molecule has 1 aliphatic heterocycles. The van der Waals surface area contributed by atoms with Crippen LogP contribution >= 0.6 is 0 Å². The van der Waals surface area contributed by atoms with Crippen LogP contribution in [0.25, 0.3) is 0 Å². The fourth-order valence-electron chi connectivity index (χ4n) is 1.53. The lowest BCUT2D eigenvalue weighted by atomic mass is 9.97. The summed E-state index contributed by atoms with van der Waals surface area (Å²) in [4.78, 5) is 0. The molecule has 2 rings (SSSR count). The summed E-state index contributed by atoms with van der Waals surface area (Å²) >= 11 is 0. The van der Waals surface area contributed by atoms with Gasteiger partial charge in [0.2, 0.25) is 0 Å². The number of nitrogens with zero attached hydrogens (tertiary/aromatic N) is 2. The average molecular weight is 186 g/mol. The number of rotatable bonds is 2. The number of hydrogen-bond donors (Lipinski definition) is 0. The Morgan fingerprint density at radius 2 is 1.57 bits per heavy atom. The molecule has 0 aromatic heterocycles. The second-order valence-electron chi connectivity index (χ2n) is 3.88. The zero-order chi connectivity index (χ0) is 9.97. The Balaban J connectivity index is 2.21. The van der Waals surface area contributed by atoms with Crippen molar-refractivity contribution in [2.75, 3.05) is 0 Å². The van der Waals surface area contributed by atoms with Gasteiger partial charge >= 0.3 is 0 Å². The van der Waals surface area contributed by atoms with E-state index in [2.05, 4.69) is 48.3 Å². The third-order valence-electron chi connectivity index (χ3n) is 2.51. The first-order chi connectivity index (χ1) is 6.77.